The Morgan fingerprint density at radius 2 is 1.81 bits per heavy atom. The first-order valence-corrected chi connectivity index (χ1v) is 9.18. The summed E-state index contributed by atoms with van der Waals surface area (Å²) in [5, 5.41) is 0. The van der Waals surface area contributed by atoms with E-state index in [1.54, 1.807) is 6.07 Å². The average Bonchev–Trinajstić information content (AvgIpc) is 3.20. The van der Waals surface area contributed by atoms with Crippen LogP contribution in [0, 0.1) is 5.82 Å². The molecule has 1 aliphatic rings. The van der Waals surface area contributed by atoms with Gasteiger partial charge in [0.25, 0.3) is 0 Å². The maximum atomic E-state index is 14.1. The van der Waals surface area contributed by atoms with Gasteiger partial charge in [-0.3, -0.25) is 4.57 Å². The predicted molar refractivity (Wildman–Crippen MR) is 104 cm³/mol. The summed E-state index contributed by atoms with van der Waals surface area (Å²) in [6.07, 6.45) is 1.68. The lowest BCUT2D eigenvalue weighted by molar-refractivity contribution is 0.393. The average molecular weight is 365 g/mol. The van der Waals surface area contributed by atoms with Crippen LogP contribution < -0.4 is 10.6 Å². The van der Waals surface area contributed by atoms with E-state index in [9.17, 15) is 9.18 Å². The SMILES string of the molecule is Cn1c(N2CCC(n3c(=O)[nH]c4ccccc43)CC2)nc2c(F)cccc21. The summed E-state index contributed by atoms with van der Waals surface area (Å²) in [4.78, 5) is 22.1. The number of para-hydroxylation sites is 3. The number of benzene rings is 2. The smallest absolute Gasteiger partial charge is 0.326 e. The molecule has 5 rings (SSSR count). The molecule has 4 aromatic rings. The first-order chi connectivity index (χ1) is 13.1. The van der Waals surface area contributed by atoms with Crippen molar-refractivity contribution in [2.45, 2.75) is 18.9 Å². The molecule has 0 bridgehead atoms. The Morgan fingerprint density at radius 3 is 2.59 bits per heavy atom. The molecule has 0 spiro atoms. The van der Waals surface area contributed by atoms with Gasteiger partial charge in [0, 0.05) is 26.2 Å². The standard InChI is InChI=1S/C20H20FN5O/c1-24-17-8-4-5-14(21)18(17)23-19(24)25-11-9-13(10-12-25)26-16-7-3-2-6-15(16)22-20(26)27/h2-8,13H,9-12H2,1H3,(H,22,27). The minimum absolute atomic E-state index is 0.0561. The van der Waals surface area contributed by atoms with Crippen LogP contribution in [0.3, 0.4) is 0 Å². The van der Waals surface area contributed by atoms with Gasteiger partial charge in [-0.05, 0) is 37.1 Å². The Kier molecular flexibility index (Phi) is 3.56. The molecule has 1 aliphatic heterocycles. The maximum absolute atomic E-state index is 14.1. The topological polar surface area (TPSA) is 58.9 Å². The van der Waals surface area contributed by atoms with E-state index in [0.717, 1.165) is 48.4 Å². The zero-order chi connectivity index (χ0) is 18.5. The Hall–Kier alpha value is -3.09. The van der Waals surface area contributed by atoms with Crippen molar-refractivity contribution < 1.29 is 4.39 Å². The van der Waals surface area contributed by atoms with Crippen molar-refractivity contribution in [2.24, 2.45) is 7.05 Å². The van der Waals surface area contributed by atoms with E-state index < -0.39 is 0 Å². The summed E-state index contributed by atoms with van der Waals surface area (Å²) in [5.41, 5.74) is 2.96. The van der Waals surface area contributed by atoms with Crippen molar-refractivity contribution in [3.8, 4) is 0 Å². The minimum Gasteiger partial charge on any atom is -0.342 e. The fourth-order valence-electron chi connectivity index (χ4n) is 4.21. The lowest BCUT2D eigenvalue weighted by Crippen LogP contribution is -2.38. The van der Waals surface area contributed by atoms with Crippen molar-refractivity contribution >= 4 is 28.0 Å². The van der Waals surface area contributed by atoms with Crippen LogP contribution in [-0.4, -0.2) is 32.2 Å². The Labute approximate surface area is 154 Å². The van der Waals surface area contributed by atoms with E-state index in [1.165, 1.54) is 6.07 Å². The molecule has 1 N–H and O–H groups in total. The Bertz CT molecular complexity index is 1200. The second kappa shape index (κ2) is 5.97. The third-order valence-corrected chi connectivity index (χ3v) is 5.58. The molecular formula is C20H20FN5O. The van der Waals surface area contributed by atoms with Gasteiger partial charge >= 0.3 is 5.69 Å². The highest BCUT2D eigenvalue weighted by atomic mass is 19.1. The number of piperidine rings is 1. The van der Waals surface area contributed by atoms with Crippen LogP contribution in [0.5, 0.6) is 0 Å². The first kappa shape index (κ1) is 16.1. The number of nitrogens with one attached hydrogen (secondary N) is 1. The molecule has 138 valence electrons. The lowest BCUT2D eigenvalue weighted by Gasteiger charge is -2.33. The number of aryl methyl sites for hydroxylation is 1. The zero-order valence-electron chi connectivity index (χ0n) is 15.0. The summed E-state index contributed by atoms with van der Waals surface area (Å²) in [5.74, 6) is 0.481. The summed E-state index contributed by atoms with van der Waals surface area (Å²) < 4.78 is 17.9. The van der Waals surface area contributed by atoms with E-state index >= 15 is 0 Å². The van der Waals surface area contributed by atoms with Gasteiger partial charge in [-0.1, -0.05) is 18.2 Å². The van der Waals surface area contributed by atoms with Crippen LogP contribution in [0.2, 0.25) is 0 Å². The van der Waals surface area contributed by atoms with E-state index in [1.807, 2.05) is 46.5 Å². The number of aromatic amines is 1. The molecule has 7 heteroatoms. The molecule has 0 radical (unpaired) electrons. The molecule has 6 nitrogen and oxygen atoms in total. The first-order valence-electron chi connectivity index (χ1n) is 9.18. The van der Waals surface area contributed by atoms with E-state index in [-0.39, 0.29) is 17.5 Å². The van der Waals surface area contributed by atoms with E-state index in [4.69, 9.17) is 0 Å². The molecule has 3 heterocycles. The second-order valence-corrected chi connectivity index (χ2v) is 7.11. The van der Waals surface area contributed by atoms with Crippen molar-refractivity contribution in [2.75, 3.05) is 18.0 Å². The Balaban J connectivity index is 1.44. The number of fused-ring (bicyclic) bond motifs is 2. The highest BCUT2D eigenvalue weighted by Crippen LogP contribution is 2.29. The van der Waals surface area contributed by atoms with Gasteiger partial charge in [0.15, 0.2) is 5.82 Å². The largest absolute Gasteiger partial charge is 0.342 e. The number of aromatic nitrogens is 4. The number of imidazole rings is 2. The summed E-state index contributed by atoms with van der Waals surface area (Å²) in [7, 11) is 1.92. The van der Waals surface area contributed by atoms with Crippen molar-refractivity contribution in [3.63, 3.8) is 0 Å². The number of H-pyrrole nitrogens is 1. The van der Waals surface area contributed by atoms with Gasteiger partial charge in [-0.2, -0.15) is 0 Å². The van der Waals surface area contributed by atoms with Crippen LogP contribution in [0.25, 0.3) is 22.1 Å². The molecule has 2 aromatic heterocycles. The Morgan fingerprint density at radius 1 is 1.07 bits per heavy atom. The number of rotatable bonds is 2. The van der Waals surface area contributed by atoms with E-state index in [0.29, 0.717) is 5.52 Å². The molecule has 0 unspecified atom stereocenters. The van der Waals surface area contributed by atoms with Crippen LogP contribution in [0.15, 0.2) is 47.3 Å². The fraction of sp³-hybridized carbons (Fsp3) is 0.300. The van der Waals surface area contributed by atoms with Gasteiger partial charge < -0.3 is 14.5 Å². The van der Waals surface area contributed by atoms with Crippen molar-refractivity contribution in [3.05, 3.63) is 58.8 Å². The summed E-state index contributed by atoms with van der Waals surface area (Å²) >= 11 is 0. The van der Waals surface area contributed by atoms with Gasteiger partial charge in [-0.15, -0.1) is 0 Å². The zero-order valence-corrected chi connectivity index (χ0v) is 15.0. The third kappa shape index (κ3) is 2.45. The van der Waals surface area contributed by atoms with Crippen LogP contribution >= 0.6 is 0 Å². The molecule has 1 saturated heterocycles. The summed E-state index contributed by atoms with van der Waals surface area (Å²) in [6, 6.07) is 13.0. The molecule has 0 atom stereocenters. The van der Waals surface area contributed by atoms with Crippen molar-refractivity contribution in [1.82, 2.24) is 19.1 Å². The van der Waals surface area contributed by atoms with Crippen LogP contribution in [-0.2, 0) is 7.05 Å². The normalized spacial score (nSPS) is 15.9. The molecule has 2 aromatic carbocycles. The second-order valence-electron chi connectivity index (χ2n) is 7.11. The minimum atomic E-state index is -0.297. The van der Waals surface area contributed by atoms with Gasteiger partial charge in [0.05, 0.1) is 16.6 Å². The molecule has 0 aliphatic carbocycles. The molecule has 1 fully saturated rings. The molecule has 27 heavy (non-hydrogen) atoms. The number of nitrogens with zero attached hydrogens (tertiary/aromatic N) is 4. The van der Waals surface area contributed by atoms with Gasteiger partial charge in [0.2, 0.25) is 5.95 Å². The number of hydrogen-bond donors (Lipinski definition) is 1. The number of hydrogen-bond acceptors (Lipinski definition) is 3. The highest BCUT2D eigenvalue weighted by molar-refractivity contribution is 5.79. The third-order valence-electron chi connectivity index (χ3n) is 5.58. The monoisotopic (exact) mass is 365 g/mol. The van der Waals surface area contributed by atoms with Crippen LogP contribution in [0.1, 0.15) is 18.9 Å². The van der Waals surface area contributed by atoms with Gasteiger partial charge in [-0.25, -0.2) is 14.2 Å². The van der Waals surface area contributed by atoms with Crippen LogP contribution in [0.4, 0.5) is 10.3 Å². The lowest BCUT2D eigenvalue weighted by atomic mass is 10.0. The number of halogens is 1. The number of anilines is 1. The maximum Gasteiger partial charge on any atom is 0.326 e. The van der Waals surface area contributed by atoms with Gasteiger partial charge in [0.1, 0.15) is 5.52 Å². The summed E-state index contributed by atoms with van der Waals surface area (Å²) in [6.45, 7) is 1.55. The molecular weight excluding hydrogens is 345 g/mol. The van der Waals surface area contributed by atoms with E-state index in [2.05, 4.69) is 14.9 Å². The predicted octanol–water partition coefficient (Wildman–Crippen LogP) is 3.20. The fourth-order valence-corrected chi connectivity index (χ4v) is 4.21. The quantitative estimate of drug-likeness (QED) is 0.593. The van der Waals surface area contributed by atoms with Crippen molar-refractivity contribution in [1.29, 1.82) is 0 Å². The molecule has 0 amide bonds. The highest BCUT2D eigenvalue weighted by Gasteiger charge is 2.26. The molecule has 0 saturated carbocycles.